The normalized spacial score (nSPS) is 17.6. The summed E-state index contributed by atoms with van der Waals surface area (Å²) in [5.74, 6) is -0.505. The lowest BCUT2D eigenvalue weighted by Crippen LogP contribution is -2.61. The second kappa shape index (κ2) is 9.46. The average molecular weight is 572 g/mol. The van der Waals surface area contributed by atoms with E-state index in [1.54, 1.807) is 41.3 Å². The Labute approximate surface area is 218 Å². The summed E-state index contributed by atoms with van der Waals surface area (Å²) in [4.78, 5) is 31.9. The van der Waals surface area contributed by atoms with Crippen molar-refractivity contribution in [2.75, 3.05) is 36.2 Å². The largest absolute Gasteiger partial charge is 0.481 e. The maximum absolute atomic E-state index is 13.4. The SMILES string of the molecule is COc1cc(-n2ccc(N3CCO[C@H](C(C)(O)C(=O)Nc4ccc5c(N)noc5c4)C3=O)n2)c(Br)cn1. The quantitative estimate of drug-likeness (QED) is 0.310. The van der Waals surface area contributed by atoms with E-state index in [0.717, 1.165) is 0 Å². The van der Waals surface area contributed by atoms with Gasteiger partial charge in [-0.1, -0.05) is 5.16 Å². The number of ether oxygens (including phenoxy) is 2. The molecule has 4 heterocycles. The number of carbonyl (C=O) groups is 2. The fourth-order valence-electron chi connectivity index (χ4n) is 3.92. The molecule has 0 spiro atoms. The number of nitrogens with two attached hydrogens (primary N) is 1. The van der Waals surface area contributed by atoms with Crippen molar-refractivity contribution in [2.45, 2.75) is 18.6 Å². The van der Waals surface area contributed by atoms with Crippen molar-refractivity contribution in [3.63, 3.8) is 0 Å². The number of hydrogen-bond acceptors (Lipinski definition) is 10. The number of pyridine rings is 1. The van der Waals surface area contributed by atoms with Crippen molar-refractivity contribution in [1.82, 2.24) is 19.9 Å². The molecular formula is C23H22BrN7O6. The topological polar surface area (TPSA) is 171 Å². The van der Waals surface area contributed by atoms with Gasteiger partial charge in [-0.25, -0.2) is 9.67 Å². The molecule has 2 amide bonds. The molecule has 4 aromatic rings. The molecular weight excluding hydrogens is 550 g/mol. The van der Waals surface area contributed by atoms with Crippen molar-refractivity contribution in [3.8, 4) is 11.6 Å². The molecule has 14 heteroatoms. The van der Waals surface area contributed by atoms with Crippen LogP contribution >= 0.6 is 15.9 Å². The van der Waals surface area contributed by atoms with Crippen LogP contribution in [0.25, 0.3) is 16.7 Å². The number of benzene rings is 1. The van der Waals surface area contributed by atoms with E-state index in [0.29, 0.717) is 38.5 Å². The molecule has 3 aromatic heterocycles. The van der Waals surface area contributed by atoms with Crippen LogP contribution in [0.15, 0.2) is 51.7 Å². The zero-order valence-electron chi connectivity index (χ0n) is 19.7. The van der Waals surface area contributed by atoms with Crippen molar-refractivity contribution < 1.29 is 28.7 Å². The number of nitrogens with zero attached hydrogens (tertiary/aromatic N) is 5. The fraction of sp³-hybridized carbons (Fsp3) is 0.261. The Morgan fingerprint density at radius 1 is 1.35 bits per heavy atom. The Morgan fingerprint density at radius 2 is 2.16 bits per heavy atom. The molecule has 13 nitrogen and oxygen atoms in total. The number of fused-ring (bicyclic) bond motifs is 1. The predicted octanol–water partition coefficient (Wildman–Crippen LogP) is 1.88. The molecule has 0 aliphatic carbocycles. The lowest BCUT2D eigenvalue weighted by atomic mass is 9.95. The molecule has 192 valence electrons. The summed E-state index contributed by atoms with van der Waals surface area (Å²) in [5, 5.41) is 22.4. The van der Waals surface area contributed by atoms with E-state index in [-0.39, 0.29) is 19.0 Å². The number of aromatic nitrogens is 4. The summed E-state index contributed by atoms with van der Waals surface area (Å²) in [7, 11) is 1.51. The fourth-order valence-corrected chi connectivity index (χ4v) is 4.31. The van der Waals surface area contributed by atoms with Crippen molar-refractivity contribution in [3.05, 3.63) is 47.2 Å². The lowest BCUT2D eigenvalue weighted by molar-refractivity contribution is -0.165. The second-order valence-electron chi connectivity index (χ2n) is 8.42. The van der Waals surface area contributed by atoms with Gasteiger partial charge in [-0.2, -0.15) is 0 Å². The van der Waals surface area contributed by atoms with Gasteiger partial charge in [-0.05, 0) is 35.0 Å². The summed E-state index contributed by atoms with van der Waals surface area (Å²) in [6.07, 6.45) is 1.78. The maximum atomic E-state index is 13.4. The number of hydrogen-bond donors (Lipinski definition) is 3. The third-order valence-electron chi connectivity index (χ3n) is 5.94. The number of aliphatic hydroxyl groups is 1. The van der Waals surface area contributed by atoms with Gasteiger partial charge in [0.15, 0.2) is 28.9 Å². The summed E-state index contributed by atoms with van der Waals surface area (Å²) >= 11 is 3.43. The summed E-state index contributed by atoms with van der Waals surface area (Å²) in [5.41, 5.74) is 4.85. The van der Waals surface area contributed by atoms with Crippen LogP contribution in [0, 0.1) is 0 Å². The smallest absolute Gasteiger partial charge is 0.260 e. The van der Waals surface area contributed by atoms with Crippen LogP contribution in [-0.4, -0.2) is 68.8 Å². The lowest BCUT2D eigenvalue weighted by Gasteiger charge is -2.37. The maximum Gasteiger partial charge on any atom is 0.260 e. The third-order valence-corrected chi connectivity index (χ3v) is 6.55. The Hall–Kier alpha value is -4.01. The molecule has 1 aliphatic heterocycles. The molecule has 1 saturated heterocycles. The van der Waals surface area contributed by atoms with E-state index >= 15 is 0 Å². The van der Waals surface area contributed by atoms with E-state index in [1.165, 1.54) is 25.0 Å². The molecule has 1 aliphatic rings. The van der Waals surface area contributed by atoms with Gasteiger partial charge in [-0.15, -0.1) is 5.10 Å². The number of anilines is 3. The van der Waals surface area contributed by atoms with Crippen LogP contribution in [0.1, 0.15) is 6.92 Å². The van der Waals surface area contributed by atoms with Crippen LogP contribution in [0.5, 0.6) is 5.88 Å². The number of amides is 2. The molecule has 0 saturated carbocycles. The molecule has 2 atom stereocenters. The van der Waals surface area contributed by atoms with E-state index in [4.69, 9.17) is 19.7 Å². The monoisotopic (exact) mass is 571 g/mol. The zero-order valence-corrected chi connectivity index (χ0v) is 21.3. The first-order chi connectivity index (χ1) is 17.7. The second-order valence-corrected chi connectivity index (χ2v) is 9.27. The summed E-state index contributed by atoms with van der Waals surface area (Å²) in [6.45, 7) is 1.50. The van der Waals surface area contributed by atoms with E-state index in [2.05, 4.69) is 36.5 Å². The third kappa shape index (κ3) is 4.50. The van der Waals surface area contributed by atoms with Gasteiger partial charge < -0.3 is 30.2 Å². The van der Waals surface area contributed by atoms with Gasteiger partial charge in [0.2, 0.25) is 5.88 Å². The van der Waals surface area contributed by atoms with Crippen molar-refractivity contribution >= 4 is 56.0 Å². The molecule has 1 unspecified atom stereocenters. The average Bonchev–Trinajstić information content (AvgIpc) is 3.51. The highest BCUT2D eigenvalue weighted by Crippen LogP contribution is 2.29. The summed E-state index contributed by atoms with van der Waals surface area (Å²) < 4.78 is 18.1. The first-order valence-corrected chi connectivity index (χ1v) is 11.9. The van der Waals surface area contributed by atoms with Crippen LogP contribution < -0.4 is 20.7 Å². The molecule has 1 aromatic carbocycles. The van der Waals surface area contributed by atoms with Gasteiger partial charge in [0, 0.05) is 36.3 Å². The van der Waals surface area contributed by atoms with E-state index in [1.807, 2.05) is 0 Å². The molecule has 0 radical (unpaired) electrons. The minimum atomic E-state index is -2.20. The molecule has 1 fully saturated rings. The Bertz CT molecular complexity index is 1500. The van der Waals surface area contributed by atoms with Crippen molar-refractivity contribution in [1.29, 1.82) is 0 Å². The van der Waals surface area contributed by atoms with Gasteiger partial charge in [0.05, 0.1) is 35.8 Å². The molecule has 5 rings (SSSR count). The van der Waals surface area contributed by atoms with Gasteiger partial charge in [0.1, 0.15) is 0 Å². The van der Waals surface area contributed by atoms with Gasteiger partial charge in [0.25, 0.3) is 11.8 Å². The zero-order chi connectivity index (χ0) is 26.3. The van der Waals surface area contributed by atoms with Crippen LogP contribution in [0.4, 0.5) is 17.3 Å². The number of halogens is 1. The van der Waals surface area contributed by atoms with Gasteiger partial charge in [-0.3, -0.25) is 14.5 Å². The molecule has 0 bridgehead atoms. The first-order valence-electron chi connectivity index (χ1n) is 11.1. The molecule has 4 N–H and O–H groups in total. The Balaban J connectivity index is 1.35. The Morgan fingerprint density at radius 3 is 2.95 bits per heavy atom. The van der Waals surface area contributed by atoms with Crippen LogP contribution in [0.3, 0.4) is 0 Å². The first kappa shape index (κ1) is 24.7. The standard InChI is InChI=1S/C23H22BrN7O6/c1-23(34,22(33)27-12-3-4-13-16(9-12)37-29-20(13)25)19-21(32)30(7-8-36-19)17-5-6-31(28-17)15-10-18(35-2)26-11-14(15)24/h3-6,9-11,19,34H,7-8H2,1-2H3,(H2,25,29)(H,27,33)/t19-,23?/m0/s1. The number of rotatable bonds is 6. The van der Waals surface area contributed by atoms with Crippen molar-refractivity contribution in [2.24, 2.45) is 0 Å². The minimum absolute atomic E-state index is 0.0861. The minimum Gasteiger partial charge on any atom is -0.481 e. The Kier molecular flexibility index (Phi) is 6.31. The molecule has 37 heavy (non-hydrogen) atoms. The van der Waals surface area contributed by atoms with Gasteiger partial charge >= 0.3 is 0 Å². The highest BCUT2D eigenvalue weighted by atomic mass is 79.9. The van der Waals surface area contributed by atoms with E-state index in [9.17, 15) is 14.7 Å². The number of methoxy groups -OCH3 is 1. The number of carbonyl (C=O) groups excluding carboxylic acids is 2. The predicted molar refractivity (Wildman–Crippen MR) is 135 cm³/mol. The van der Waals surface area contributed by atoms with Crippen LogP contribution in [-0.2, 0) is 14.3 Å². The highest BCUT2D eigenvalue weighted by molar-refractivity contribution is 9.10. The number of nitrogens with one attached hydrogen (secondary N) is 1. The summed E-state index contributed by atoms with van der Waals surface area (Å²) in [6, 6.07) is 8.06. The highest BCUT2D eigenvalue weighted by Gasteiger charge is 2.49. The van der Waals surface area contributed by atoms with Crippen LogP contribution in [0.2, 0.25) is 0 Å². The van der Waals surface area contributed by atoms with E-state index < -0.39 is 23.5 Å². The number of nitrogen functional groups attached to an aromatic ring is 1. The number of morpholine rings is 1.